The SMILES string of the molecule is N#Cc1cccc(-c2cccnc2CC(N)c2cc(F)cc(Cl)c2)c1. The van der Waals surface area contributed by atoms with E-state index in [1.165, 1.54) is 12.1 Å². The molecule has 25 heavy (non-hydrogen) atoms. The molecule has 0 saturated heterocycles. The summed E-state index contributed by atoms with van der Waals surface area (Å²) in [5.41, 5.74) is 10.0. The number of hydrogen-bond acceptors (Lipinski definition) is 3. The number of hydrogen-bond donors (Lipinski definition) is 1. The minimum atomic E-state index is -0.444. The molecule has 2 N–H and O–H groups in total. The average Bonchev–Trinajstić information content (AvgIpc) is 2.61. The fourth-order valence-electron chi connectivity index (χ4n) is 2.74. The number of halogens is 2. The Morgan fingerprint density at radius 2 is 2.00 bits per heavy atom. The smallest absolute Gasteiger partial charge is 0.125 e. The molecule has 0 aliphatic carbocycles. The molecule has 0 spiro atoms. The fraction of sp³-hybridized carbons (Fsp3) is 0.100. The molecule has 0 amide bonds. The topological polar surface area (TPSA) is 62.7 Å². The van der Waals surface area contributed by atoms with E-state index in [1.54, 1.807) is 18.3 Å². The van der Waals surface area contributed by atoms with Gasteiger partial charge in [0.1, 0.15) is 5.82 Å². The quantitative estimate of drug-likeness (QED) is 0.743. The molecule has 3 rings (SSSR count). The predicted molar refractivity (Wildman–Crippen MR) is 96.4 cm³/mol. The lowest BCUT2D eigenvalue weighted by Crippen LogP contribution is -2.15. The van der Waals surface area contributed by atoms with Crippen LogP contribution in [0.15, 0.2) is 60.8 Å². The van der Waals surface area contributed by atoms with Crippen molar-refractivity contribution >= 4 is 11.6 Å². The van der Waals surface area contributed by atoms with Gasteiger partial charge < -0.3 is 5.73 Å². The number of nitrogens with zero attached hydrogens (tertiary/aromatic N) is 2. The molecule has 0 bridgehead atoms. The van der Waals surface area contributed by atoms with Crippen LogP contribution < -0.4 is 5.73 Å². The number of pyridine rings is 1. The Morgan fingerprint density at radius 1 is 1.16 bits per heavy atom. The van der Waals surface area contributed by atoms with Gasteiger partial charge >= 0.3 is 0 Å². The first-order valence-electron chi connectivity index (χ1n) is 7.73. The minimum Gasteiger partial charge on any atom is -0.324 e. The molecule has 1 aromatic heterocycles. The second kappa shape index (κ2) is 7.43. The van der Waals surface area contributed by atoms with E-state index in [9.17, 15) is 4.39 Å². The normalized spacial score (nSPS) is 11.8. The van der Waals surface area contributed by atoms with Gasteiger partial charge in [-0.25, -0.2) is 4.39 Å². The highest BCUT2D eigenvalue weighted by molar-refractivity contribution is 6.30. The van der Waals surface area contributed by atoms with Crippen LogP contribution in [0.1, 0.15) is 22.9 Å². The van der Waals surface area contributed by atoms with Crippen LogP contribution in [0.25, 0.3) is 11.1 Å². The summed E-state index contributed by atoms with van der Waals surface area (Å²) in [6, 6.07) is 17.1. The van der Waals surface area contributed by atoms with Crippen molar-refractivity contribution in [3.05, 3.63) is 88.5 Å². The Balaban J connectivity index is 1.94. The van der Waals surface area contributed by atoms with Crippen LogP contribution >= 0.6 is 11.6 Å². The van der Waals surface area contributed by atoms with E-state index in [0.29, 0.717) is 22.6 Å². The molecule has 0 saturated carbocycles. The fourth-order valence-corrected chi connectivity index (χ4v) is 2.97. The zero-order chi connectivity index (χ0) is 17.8. The molecule has 0 aliphatic rings. The van der Waals surface area contributed by atoms with Gasteiger partial charge in [0.15, 0.2) is 0 Å². The molecule has 1 unspecified atom stereocenters. The second-order valence-corrected chi connectivity index (χ2v) is 6.14. The van der Waals surface area contributed by atoms with Crippen LogP contribution in [0.2, 0.25) is 5.02 Å². The molecule has 124 valence electrons. The van der Waals surface area contributed by atoms with Crippen LogP contribution in [0.3, 0.4) is 0 Å². The highest BCUT2D eigenvalue weighted by atomic mass is 35.5. The van der Waals surface area contributed by atoms with Crippen molar-refractivity contribution in [2.45, 2.75) is 12.5 Å². The predicted octanol–water partition coefficient (Wildman–Crippen LogP) is 4.66. The number of nitrogens with two attached hydrogens (primary N) is 1. The third-order valence-electron chi connectivity index (χ3n) is 3.92. The third kappa shape index (κ3) is 4.03. The number of nitriles is 1. The van der Waals surface area contributed by atoms with Crippen molar-refractivity contribution in [2.24, 2.45) is 5.73 Å². The van der Waals surface area contributed by atoms with E-state index in [-0.39, 0.29) is 0 Å². The standard InChI is InChI=1S/C20H15ClFN3/c21-16-8-15(9-17(22)10-16)19(24)11-20-18(5-2-6-25-20)14-4-1-3-13(7-14)12-23/h1-10,19H,11,24H2. The summed E-state index contributed by atoms with van der Waals surface area (Å²) in [5.74, 6) is -0.416. The Labute approximate surface area is 150 Å². The van der Waals surface area contributed by atoms with Crippen molar-refractivity contribution in [2.75, 3.05) is 0 Å². The summed E-state index contributed by atoms with van der Waals surface area (Å²) in [7, 11) is 0. The minimum absolute atomic E-state index is 0.313. The van der Waals surface area contributed by atoms with E-state index in [4.69, 9.17) is 22.6 Å². The molecule has 2 aromatic carbocycles. The zero-order valence-corrected chi connectivity index (χ0v) is 14.0. The van der Waals surface area contributed by atoms with Crippen LogP contribution in [0.4, 0.5) is 4.39 Å². The zero-order valence-electron chi connectivity index (χ0n) is 13.3. The Hall–Kier alpha value is -2.74. The lowest BCUT2D eigenvalue weighted by Gasteiger charge is -2.15. The Kier molecular flexibility index (Phi) is 5.08. The summed E-state index contributed by atoms with van der Waals surface area (Å²) in [6.07, 6.45) is 2.12. The maximum absolute atomic E-state index is 13.6. The van der Waals surface area contributed by atoms with E-state index in [1.807, 2.05) is 30.3 Å². The third-order valence-corrected chi connectivity index (χ3v) is 4.14. The number of benzene rings is 2. The lowest BCUT2D eigenvalue weighted by atomic mass is 9.96. The van der Waals surface area contributed by atoms with Crippen LogP contribution in [-0.2, 0) is 6.42 Å². The van der Waals surface area contributed by atoms with E-state index in [2.05, 4.69) is 11.1 Å². The van der Waals surface area contributed by atoms with Crippen molar-refractivity contribution in [3.63, 3.8) is 0 Å². The van der Waals surface area contributed by atoms with Crippen molar-refractivity contribution < 1.29 is 4.39 Å². The molecule has 0 radical (unpaired) electrons. The molecule has 0 aliphatic heterocycles. The van der Waals surface area contributed by atoms with Gasteiger partial charge in [-0.3, -0.25) is 4.98 Å². The van der Waals surface area contributed by atoms with E-state index < -0.39 is 11.9 Å². The lowest BCUT2D eigenvalue weighted by molar-refractivity contribution is 0.618. The first-order chi connectivity index (χ1) is 12.1. The van der Waals surface area contributed by atoms with Gasteiger partial charge in [0.25, 0.3) is 0 Å². The second-order valence-electron chi connectivity index (χ2n) is 5.70. The van der Waals surface area contributed by atoms with Gasteiger partial charge in [-0.15, -0.1) is 0 Å². The molecular formula is C20H15ClFN3. The average molecular weight is 352 g/mol. The largest absolute Gasteiger partial charge is 0.324 e. The van der Waals surface area contributed by atoms with Crippen molar-refractivity contribution in [1.29, 1.82) is 5.26 Å². The van der Waals surface area contributed by atoms with Gasteiger partial charge in [0, 0.05) is 29.2 Å². The molecular weight excluding hydrogens is 337 g/mol. The van der Waals surface area contributed by atoms with Gasteiger partial charge in [-0.1, -0.05) is 29.8 Å². The molecule has 3 aromatic rings. The van der Waals surface area contributed by atoms with Crippen molar-refractivity contribution in [3.8, 4) is 17.2 Å². The first kappa shape index (κ1) is 17.1. The van der Waals surface area contributed by atoms with E-state index in [0.717, 1.165) is 16.8 Å². The highest BCUT2D eigenvalue weighted by Crippen LogP contribution is 2.27. The van der Waals surface area contributed by atoms with Gasteiger partial charge in [0.05, 0.1) is 17.3 Å². The van der Waals surface area contributed by atoms with Crippen LogP contribution in [0.5, 0.6) is 0 Å². The van der Waals surface area contributed by atoms with Crippen LogP contribution in [0, 0.1) is 17.1 Å². The monoisotopic (exact) mass is 351 g/mol. The maximum Gasteiger partial charge on any atom is 0.125 e. The number of aromatic nitrogens is 1. The molecule has 3 nitrogen and oxygen atoms in total. The number of rotatable bonds is 4. The maximum atomic E-state index is 13.6. The summed E-state index contributed by atoms with van der Waals surface area (Å²) in [6.45, 7) is 0. The molecule has 1 heterocycles. The molecule has 1 atom stereocenters. The molecule has 5 heteroatoms. The van der Waals surface area contributed by atoms with Gasteiger partial charge in [-0.2, -0.15) is 5.26 Å². The summed E-state index contributed by atoms with van der Waals surface area (Å²) in [5, 5.41) is 9.40. The highest BCUT2D eigenvalue weighted by Gasteiger charge is 2.14. The van der Waals surface area contributed by atoms with Gasteiger partial charge in [0.2, 0.25) is 0 Å². The Bertz CT molecular complexity index is 929. The van der Waals surface area contributed by atoms with E-state index >= 15 is 0 Å². The summed E-state index contributed by atoms with van der Waals surface area (Å²) < 4.78 is 13.6. The van der Waals surface area contributed by atoms with Gasteiger partial charge in [-0.05, 0) is 47.5 Å². The first-order valence-corrected chi connectivity index (χ1v) is 8.10. The van der Waals surface area contributed by atoms with Crippen LogP contribution in [-0.4, -0.2) is 4.98 Å². The summed E-state index contributed by atoms with van der Waals surface area (Å²) >= 11 is 5.92. The van der Waals surface area contributed by atoms with Crippen molar-refractivity contribution in [1.82, 2.24) is 4.98 Å². The summed E-state index contributed by atoms with van der Waals surface area (Å²) in [4.78, 5) is 4.43. The molecule has 0 fully saturated rings. The Morgan fingerprint density at radius 3 is 2.76 bits per heavy atom.